The molecule has 1 N–H and O–H groups in total. The first-order chi connectivity index (χ1) is 9.09. The standard InChI is InChI=1S/C13H13N4O2/c1-16-9-10(12(18)17(2)13(16)19)8-14-15-11-6-4-3-5-7-11/h3-7,9,15H,1-2H3/q+1. The number of hydrazone groups is 1. The van der Waals surface area contributed by atoms with Gasteiger partial charge < -0.3 is 0 Å². The first kappa shape index (κ1) is 12.7. The maximum Gasteiger partial charge on any atom is 0.500 e. The van der Waals surface area contributed by atoms with Gasteiger partial charge >= 0.3 is 11.9 Å². The van der Waals surface area contributed by atoms with Crippen LogP contribution in [0.1, 0.15) is 0 Å². The van der Waals surface area contributed by atoms with Gasteiger partial charge in [0, 0.05) is 5.87 Å². The van der Waals surface area contributed by atoms with E-state index in [1.54, 1.807) is 7.05 Å². The van der Waals surface area contributed by atoms with Gasteiger partial charge in [0.05, 0.1) is 19.8 Å². The van der Waals surface area contributed by atoms with Crippen molar-refractivity contribution in [3.05, 3.63) is 35.9 Å². The number of imide groups is 1. The van der Waals surface area contributed by atoms with Crippen LogP contribution in [0.3, 0.4) is 0 Å². The summed E-state index contributed by atoms with van der Waals surface area (Å²) in [7, 11) is 2.98. The Morgan fingerprint density at radius 1 is 1.26 bits per heavy atom. The van der Waals surface area contributed by atoms with Gasteiger partial charge in [0.1, 0.15) is 6.21 Å². The number of nitrogens with zero attached hydrogens (tertiary/aromatic N) is 3. The average Bonchev–Trinajstić information content (AvgIpc) is 2.43. The predicted molar refractivity (Wildman–Crippen MR) is 71.4 cm³/mol. The van der Waals surface area contributed by atoms with Crippen LogP contribution in [0.15, 0.2) is 41.0 Å². The summed E-state index contributed by atoms with van der Waals surface area (Å²) in [6.45, 7) is 0. The predicted octanol–water partition coefficient (Wildman–Crippen LogP) is 0.915. The molecule has 6 nitrogen and oxygen atoms in total. The number of hydrogen-bond donors (Lipinski definition) is 1. The third-order valence-electron chi connectivity index (χ3n) is 2.58. The van der Waals surface area contributed by atoms with Gasteiger partial charge in [0.2, 0.25) is 0 Å². The highest BCUT2D eigenvalue weighted by Crippen LogP contribution is 2.05. The molecule has 1 aliphatic rings. The maximum absolute atomic E-state index is 11.8. The van der Waals surface area contributed by atoms with Crippen LogP contribution in [0, 0.1) is 0 Å². The lowest BCUT2D eigenvalue weighted by Crippen LogP contribution is -2.44. The molecule has 0 atom stereocenters. The second-order valence-corrected chi connectivity index (χ2v) is 4.00. The lowest BCUT2D eigenvalue weighted by Gasteiger charge is -2.11. The minimum atomic E-state index is -0.429. The molecule has 6 heteroatoms. The van der Waals surface area contributed by atoms with Crippen molar-refractivity contribution in [3.63, 3.8) is 0 Å². The van der Waals surface area contributed by atoms with E-state index >= 15 is 0 Å². The third-order valence-corrected chi connectivity index (χ3v) is 2.58. The van der Waals surface area contributed by atoms with Crippen LogP contribution in [0.2, 0.25) is 0 Å². The number of rotatable bonds is 2. The van der Waals surface area contributed by atoms with E-state index in [0.29, 0.717) is 0 Å². The van der Waals surface area contributed by atoms with Gasteiger partial charge in [0.25, 0.3) is 0 Å². The zero-order valence-electron chi connectivity index (χ0n) is 10.6. The number of nitrogens with one attached hydrogen (secondary N) is 1. The van der Waals surface area contributed by atoms with Crippen LogP contribution >= 0.6 is 0 Å². The van der Waals surface area contributed by atoms with Crippen LogP contribution < -0.4 is 5.43 Å². The molecule has 0 unspecified atom stereocenters. The van der Waals surface area contributed by atoms with Gasteiger partial charge in [-0.3, -0.25) is 5.43 Å². The Kier molecular flexibility index (Phi) is 3.54. The van der Waals surface area contributed by atoms with Crippen LogP contribution in [-0.4, -0.2) is 47.6 Å². The SMILES string of the molecule is CN1C(=O)C(=C=NNc2ccccc2)C=[N+](C)C1=O. The number of benzene rings is 1. The molecule has 0 fully saturated rings. The monoisotopic (exact) mass is 257 g/mol. The van der Waals surface area contributed by atoms with E-state index in [0.717, 1.165) is 10.6 Å². The molecule has 0 saturated heterocycles. The maximum atomic E-state index is 11.8. The summed E-state index contributed by atoms with van der Waals surface area (Å²) in [5.41, 5.74) is 3.76. The number of amides is 3. The Balaban J connectivity index is 2.23. The number of likely N-dealkylation sites (N-methyl/N-ethyl adjacent to an activating group) is 1. The fourth-order valence-electron chi connectivity index (χ4n) is 1.55. The summed E-state index contributed by atoms with van der Waals surface area (Å²) in [6.07, 6.45) is 1.40. The van der Waals surface area contributed by atoms with Crippen molar-refractivity contribution in [2.45, 2.75) is 0 Å². The summed E-state index contributed by atoms with van der Waals surface area (Å²) >= 11 is 0. The second-order valence-electron chi connectivity index (χ2n) is 4.00. The summed E-state index contributed by atoms with van der Waals surface area (Å²) in [5, 5.41) is 3.86. The summed E-state index contributed by atoms with van der Waals surface area (Å²) < 4.78 is 1.31. The third kappa shape index (κ3) is 2.75. The topological polar surface area (TPSA) is 64.8 Å². The lowest BCUT2D eigenvalue weighted by atomic mass is 10.2. The number of para-hydroxylation sites is 1. The fourth-order valence-corrected chi connectivity index (χ4v) is 1.55. The van der Waals surface area contributed by atoms with Gasteiger partial charge in [-0.1, -0.05) is 18.2 Å². The van der Waals surface area contributed by atoms with Crippen molar-refractivity contribution in [3.8, 4) is 0 Å². The molecule has 0 spiro atoms. The highest BCUT2D eigenvalue weighted by molar-refractivity contribution is 6.23. The number of anilines is 1. The Bertz CT molecular complexity index is 613. The van der Waals surface area contributed by atoms with Crippen molar-refractivity contribution in [2.75, 3.05) is 19.5 Å². The van der Waals surface area contributed by atoms with Gasteiger partial charge in [-0.2, -0.15) is 14.3 Å². The Labute approximate surface area is 110 Å². The van der Waals surface area contributed by atoms with Crippen LogP contribution in [0.4, 0.5) is 10.5 Å². The molecule has 1 aromatic carbocycles. The van der Waals surface area contributed by atoms with E-state index in [1.807, 2.05) is 30.3 Å². The van der Waals surface area contributed by atoms with Gasteiger partial charge in [0.15, 0.2) is 5.57 Å². The highest BCUT2D eigenvalue weighted by Gasteiger charge is 2.35. The summed E-state index contributed by atoms with van der Waals surface area (Å²) in [5.74, 6) is 2.16. The van der Waals surface area contributed by atoms with Crippen LogP contribution in [-0.2, 0) is 4.79 Å². The molecule has 1 aromatic rings. The molecular weight excluding hydrogens is 244 g/mol. The first-order valence-corrected chi connectivity index (χ1v) is 5.63. The van der Waals surface area contributed by atoms with Crippen molar-refractivity contribution in [1.29, 1.82) is 0 Å². The molecular formula is C13H13N4O2+. The largest absolute Gasteiger partial charge is 0.500 e. The zero-order valence-corrected chi connectivity index (χ0v) is 10.6. The molecule has 3 amide bonds. The summed E-state index contributed by atoms with van der Waals surface area (Å²) in [4.78, 5) is 24.3. The fraction of sp³-hybridized carbons (Fsp3) is 0.154. The Hall–Kier alpha value is -2.72. The minimum Gasteiger partial charge on any atom is -0.270 e. The number of carbonyl (C=O) groups excluding carboxylic acids is 2. The van der Waals surface area contributed by atoms with E-state index in [2.05, 4.69) is 16.4 Å². The number of hydrogen-bond acceptors (Lipinski definition) is 4. The van der Waals surface area contributed by atoms with Crippen molar-refractivity contribution >= 4 is 29.7 Å². The Morgan fingerprint density at radius 3 is 2.63 bits per heavy atom. The molecule has 0 aromatic heterocycles. The number of carbonyl (C=O) groups is 2. The van der Waals surface area contributed by atoms with E-state index in [4.69, 9.17) is 0 Å². The average molecular weight is 257 g/mol. The highest BCUT2D eigenvalue weighted by atomic mass is 16.2. The second kappa shape index (κ2) is 5.29. The Morgan fingerprint density at radius 2 is 1.95 bits per heavy atom. The van der Waals surface area contributed by atoms with Crippen LogP contribution in [0.5, 0.6) is 0 Å². The van der Waals surface area contributed by atoms with E-state index in [-0.39, 0.29) is 11.6 Å². The molecule has 1 heterocycles. The molecule has 2 rings (SSSR count). The van der Waals surface area contributed by atoms with E-state index in [9.17, 15) is 9.59 Å². The first-order valence-electron chi connectivity index (χ1n) is 5.63. The van der Waals surface area contributed by atoms with Gasteiger partial charge in [-0.05, 0) is 12.1 Å². The van der Waals surface area contributed by atoms with Crippen molar-refractivity contribution in [2.24, 2.45) is 5.10 Å². The van der Waals surface area contributed by atoms with Crippen LogP contribution in [0.25, 0.3) is 0 Å². The lowest BCUT2D eigenvalue weighted by molar-refractivity contribution is -0.397. The van der Waals surface area contributed by atoms with Gasteiger partial charge in [-0.25, -0.2) is 4.79 Å². The van der Waals surface area contributed by atoms with Crippen molar-refractivity contribution in [1.82, 2.24) is 4.90 Å². The van der Waals surface area contributed by atoms with Gasteiger partial charge in [-0.15, -0.1) is 5.10 Å². The molecule has 96 valence electrons. The van der Waals surface area contributed by atoms with E-state index < -0.39 is 5.91 Å². The number of urea groups is 1. The summed E-state index contributed by atoms with van der Waals surface area (Å²) in [6, 6.07) is 8.91. The quantitative estimate of drug-likeness (QED) is 0.371. The zero-order chi connectivity index (χ0) is 13.8. The molecule has 0 radical (unpaired) electrons. The normalized spacial score (nSPS) is 14.9. The smallest absolute Gasteiger partial charge is 0.270 e. The molecule has 0 saturated carbocycles. The molecule has 19 heavy (non-hydrogen) atoms. The minimum absolute atomic E-state index is 0.216. The van der Waals surface area contributed by atoms with Crippen molar-refractivity contribution < 1.29 is 14.2 Å². The molecule has 0 aliphatic carbocycles. The van der Waals surface area contributed by atoms with E-state index in [1.165, 1.54) is 17.8 Å². The molecule has 1 aliphatic heterocycles. The molecule has 0 bridgehead atoms.